The van der Waals surface area contributed by atoms with Crippen molar-refractivity contribution in [3.8, 4) is 34.1 Å². The van der Waals surface area contributed by atoms with E-state index in [1.54, 1.807) is 18.2 Å². The van der Waals surface area contributed by atoms with Crippen LogP contribution in [0.15, 0.2) is 66.7 Å². The summed E-state index contributed by atoms with van der Waals surface area (Å²) in [7, 11) is 0. The summed E-state index contributed by atoms with van der Waals surface area (Å²) in [6, 6.07) is 20.2. The van der Waals surface area contributed by atoms with Crippen LogP contribution < -0.4 is 4.74 Å². The van der Waals surface area contributed by atoms with Gasteiger partial charge in [0.1, 0.15) is 17.1 Å². The van der Waals surface area contributed by atoms with Crippen molar-refractivity contribution >= 4 is 11.2 Å². The van der Waals surface area contributed by atoms with Gasteiger partial charge in [0.05, 0.1) is 6.54 Å². The molecule has 0 aliphatic carbocycles. The Labute approximate surface area is 223 Å². The topological polar surface area (TPSA) is 107 Å². The van der Waals surface area contributed by atoms with Crippen LogP contribution in [0.3, 0.4) is 0 Å². The number of rotatable bonds is 7. The number of tetrazole rings is 1. The van der Waals surface area contributed by atoms with Crippen LogP contribution >= 0.6 is 0 Å². The average Bonchev–Trinajstić information content (AvgIpc) is 3.58. The quantitative estimate of drug-likeness (QED) is 0.264. The molecule has 0 fully saturated rings. The van der Waals surface area contributed by atoms with E-state index in [1.165, 1.54) is 6.07 Å². The first-order chi connectivity index (χ1) is 19.0. The van der Waals surface area contributed by atoms with Gasteiger partial charge in [0.15, 0.2) is 5.65 Å². The molecule has 0 amide bonds. The highest BCUT2D eigenvalue weighted by molar-refractivity contribution is 5.82. The lowest BCUT2D eigenvalue weighted by Gasteiger charge is -2.12. The van der Waals surface area contributed by atoms with Gasteiger partial charge >= 0.3 is 0 Å². The number of imidazole rings is 1. The van der Waals surface area contributed by atoms with Crippen molar-refractivity contribution in [2.75, 3.05) is 0 Å². The molecular weight excluding hydrogens is 495 g/mol. The summed E-state index contributed by atoms with van der Waals surface area (Å²) in [6.07, 6.45) is 0.813. The van der Waals surface area contributed by atoms with E-state index in [-0.39, 0.29) is 5.88 Å². The molecular formula is C29H25FN8O. The van der Waals surface area contributed by atoms with Crippen molar-refractivity contribution in [2.24, 2.45) is 0 Å². The fraction of sp³-hybridized carbons (Fsp3) is 0.172. The Kier molecular flexibility index (Phi) is 6.28. The Morgan fingerprint density at radius 1 is 0.923 bits per heavy atom. The second-order valence-corrected chi connectivity index (χ2v) is 9.26. The number of aromatic amines is 1. The Morgan fingerprint density at radius 3 is 2.51 bits per heavy atom. The van der Waals surface area contributed by atoms with E-state index in [1.807, 2.05) is 31.2 Å². The largest absolute Gasteiger partial charge is 0.439 e. The summed E-state index contributed by atoms with van der Waals surface area (Å²) in [4.78, 5) is 13.4. The molecule has 6 aromatic rings. The van der Waals surface area contributed by atoms with Crippen LogP contribution in [0.2, 0.25) is 0 Å². The first-order valence-electron chi connectivity index (χ1n) is 12.6. The second-order valence-electron chi connectivity index (χ2n) is 9.26. The molecule has 0 spiro atoms. The number of aryl methyl sites for hydroxylation is 3. The normalized spacial score (nSPS) is 11.3. The van der Waals surface area contributed by atoms with Gasteiger partial charge in [0, 0.05) is 23.7 Å². The molecule has 0 aliphatic heterocycles. The number of nitrogens with zero attached hydrogens (tertiary/aromatic N) is 7. The van der Waals surface area contributed by atoms with Crippen molar-refractivity contribution in [1.82, 2.24) is 40.1 Å². The van der Waals surface area contributed by atoms with Gasteiger partial charge in [-0.15, -0.1) is 10.2 Å². The van der Waals surface area contributed by atoms with E-state index in [9.17, 15) is 4.39 Å². The number of benzene rings is 2. The van der Waals surface area contributed by atoms with Crippen molar-refractivity contribution in [3.05, 3.63) is 95.3 Å². The van der Waals surface area contributed by atoms with Gasteiger partial charge in [0.25, 0.3) is 0 Å². The Bertz CT molecular complexity index is 1780. The minimum absolute atomic E-state index is 0.168. The molecule has 0 atom stereocenters. The fourth-order valence-electron chi connectivity index (χ4n) is 4.72. The molecule has 0 bridgehead atoms. The minimum Gasteiger partial charge on any atom is -0.439 e. The number of fused-ring (bicyclic) bond motifs is 1. The molecule has 0 unspecified atom stereocenters. The molecule has 6 rings (SSSR count). The highest BCUT2D eigenvalue weighted by atomic mass is 19.1. The first kappa shape index (κ1) is 24.4. The van der Waals surface area contributed by atoms with Gasteiger partial charge in [-0.1, -0.05) is 37.3 Å². The minimum atomic E-state index is -0.607. The van der Waals surface area contributed by atoms with E-state index < -0.39 is 5.95 Å². The first-order valence-corrected chi connectivity index (χ1v) is 12.6. The molecule has 9 nitrogen and oxygen atoms in total. The maximum absolute atomic E-state index is 13.6. The monoisotopic (exact) mass is 520 g/mol. The summed E-state index contributed by atoms with van der Waals surface area (Å²) < 4.78 is 21.6. The molecule has 4 aromatic heterocycles. The van der Waals surface area contributed by atoms with Gasteiger partial charge in [-0.25, -0.2) is 9.97 Å². The number of ether oxygens (including phenoxy) is 1. The van der Waals surface area contributed by atoms with Crippen LogP contribution in [-0.2, 0) is 13.0 Å². The van der Waals surface area contributed by atoms with Crippen LogP contribution in [0, 0.1) is 19.8 Å². The number of H-pyrrole nitrogens is 1. The number of nitrogens with one attached hydrogen (secondary N) is 1. The van der Waals surface area contributed by atoms with Gasteiger partial charge in [-0.05, 0) is 71.6 Å². The third kappa shape index (κ3) is 4.84. The molecule has 39 heavy (non-hydrogen) atoms. The lowest BCUT2D eigenvalue weighted by molar-refractivity contribution is 0.445. The van der Waals surface area contributed by atoms with Gasteiger partial charge in [0.2, 0.25) is 17.7 Å². The molecule has 10 heteroatoms. The van der Waals surface area contributed by atoms with Crippen LogP contribution in [0.25, 0.3) is 33.7 Å². The summed E-state index contributed by atoms with van der Waals surface area (Å²) in [5.41, 5.74) is 7.63. The highest BCUT2D eigenvalue weighted by Crippen LogP contribution is 2.35. The molecule has 1 N–H and O–H groups in total. The summed E-state index contributed by atoms with van der Waals surface area (Å²) in [5.74, 6) is 1.53. The number of aromatic nitrogens is 8. The third-order valence-corrected chi connectivity index (χ3v) is 6.51. The predicted octanol–water partition coefficient (Wildman–Crippen LogP) is 5.83. The van der Waals surface area contributed by atoms with Crippen molar-refractivity contribution < 1.29 is 9.13 Å². The van der Waals surface area contributed by atoms with Crippen LogP contribution in [0.5, 0.6) is 11.6 Å². The SMILES string of the molecule is CCc1nc2c(C)cc(C)nc2n1Cc1ccc(-c2cc(Oc3cccc(F)n3)ccc2-c2nn[nH]n2)cc1. The molecule has 4 heterocycles. The second kappa shape index (κ2) is 10.1. The number of pyridine rings is 2. The number of halogens is 1. The van der Waals surface area contributed by atoms with E-state index in [2.05, 4.69) is 62.2 Å². The fourth-order valence-corrected chi connectivity index (χ4v) is 4.72. The third-order valence-electron chi connectivity index (χ3n) is 6.51. The van der Waals surface area contributed by atoms with Crippen molar-refractivity contribution in [1.29, 1.82) is 0 Å². The van der Waals surface area contributed by atoms with Crippen LogP contribution in [0.1, 0.15) is 29.6 Å². The number of hydrogen-bond acceptors (Lipinski definition) is 7. The van der Waals surface area contributed by atoms with E-state index in [4.69, 9.17) is 14.7 Å². The van der Waals surface area contributed by atoms with E-state index in [0.29, 0.717) is 18.1 Å². The Balaban J connectivity index is 1.36. The predicted molar refractivity (Wildman–Crippen MR) is 145 cm³/mol. The lowest BCUT2D eigenvalue weighted by Crippen LogP contribution is -2.05. The number of hydrogen-bond donors (Lipinski definition) is 1. The molecule has 194 valence electrons. The highest BCUT2D eigenvalue weighted by Gasteiger charge is 2.16. The zero-order valence-electron chi connectivity index (χ0n) is 21.7. The van der Waals surface area contributed by atoms with E-state index in [0.717, 1.165) is 56.9 Å². The van der Waals surface area contributed by atoms with E-state index >= 15 is 0 Å². The molecule has 0 saturated heterocycles. The van der Waals surface area contributed by atoms with Gasteiger partial charge in [-0.2, -0.15) is 14.6 Å². The molecule has 2 aromatic carbocycles. The molecule has 0 aliphatic rings. The summed E-state index contributed by atoms with van der Waals surface area (Å²) in [5, 5.41) is 14.5. The van der Waals surface area contributed by atoms with Gasteiger partial charge in [-0.3, -0.25) is 0 Å². The summed E-state index contributed by atoms with van der Waals surface area (Å²) >= 11 is 0. The van der Waals surface area contributed by atoms with Crippen molar-refractivity contribution in [3.63, 3.8) is 0 Å². The smallest absolute Gasteiger partial charge is 0.221 e. The standard InChI is InChI=1S/C29H25FN8O/c1-4-25-33-27-17(2)14-18(3)31-29(27)38(25)16-19-8-10-20(11-9-19)23-15-21(39-26-7-5-6-24(30)32-26)12-13-22(23)28-34-36-37-35-28/h5-15H,4,16H2,1-3H3,(H,34,35,36,37). The maximum atomic E-state index is 13.6. The Morgan fingerprint density at radius 2 is 1.77 bits per heavy atom. The Hall–Kier alpha value is -4.99. The maximum Gasteiger partial charge on any atom is 0.221 e. The van der Waals surface area contributed by atoms with Crippen LogP contribution in [0.4, 0.5) is 4.39 Å². The lowest BCUT2D eigenvalue weighted by atomic mass is 9.98. The molecule has 0 radical (unpaired) electrons. The van der Waals surface area contributed by atoms with Crippen LogP contribution in [-0.4, -0.2) is 40.1 Å². The summed E-state index contributed by atoms with van der Waals surface area (Å²) in [6.45, 7) is 6.85. The van der Waals surface area contributed by atoms with Gasteiger partial charge < -0.3 is 9.30 Å². The zero-order chi connectivity index (χ0) is 26.9. The molecule has 0 saturated carbocycles. The average molecular weight is 521 g/mol. The van der Waals surface area contributed by atoms with Crippen molar-refractivity contribution in [2.45, 2.75) is 33.7 Å². The zero-order valence-corrected chi connectivity index (χ0v) is 21.7.